The number of rotatable bonds is 6. The van der Waals surface area contributed by atoms with Crippen LogP contribution in [0.3, 0.4) is 0 Å². The minimum atomic E-state index is 0.455. The molecule has 0 aliphatic heterocycles. The van der Waals surface area contributed by atoms with Crippen molar-refractivity contribution >= 4 is 15.9 Å². The van der Waals surface area contributed by atoms with Crippen molar-refractivity contribution < 1.29 is 4.74 Å². The van der Waals surface area contributed by atoms with Gasteiger partial charge in [0.15, 0.2) is 0 Å². The quantitative estimate of drug-likeness (QED) is 0.873. The van der Waals surface area contributed by atoms with Crippen molar-refractivity contribution in [1.29, 1.82) is 0 Å². The minimum Gasteiger partial charge on any atom is -0.496 e. The second kappa shape index (κ2) is 6.73. The molecule has 0 atom stereocenters. The number of benzene rings is 1. The lowest BCUT2D eigenvalue weighted by Gasteiger charge is -2.35. The second-order valence-corrected chi connectivity index (χ2v) is 6.43. The van der Waals surface area contributed by atoms with Gasteiger partial charge < -0.3 is 15.4 Å². The summed E-state index contributed by atoms with van der Waals surface area (Å²) in [5.74, 6) is 1.70. The molecule has 106 valence electrons. The Kier molecular flexibility index (Phi) is 5.25. The second-order valence-electron chi connectivity index (χ2n) is 5.58. The molecule has 3 nitrogen and oxygen atoms in total. The molecule has 2 N–H and O–H groups in total. The largest absolute Gasteiger partial charge is 0.496 e. The highest BCUT2D eigenvalue weighted by molar-refractivity contribution is 9.10. The van der Waals surface area contributed by atoms with Gasteiger partial charge in [-0.2, -0.15) is 0 Å². The fraction of sp³-hybridized carbons (Fsp3) is 0.600. The monoisotopic (exact) mass is 326 g/mol. The molecular weight excluding hydrogens is 304 g/mol. The van der Waals surface area contributed by atoms with Gasteiger partial charge in [-0.15, -0.1) is 0 Å². The first-order chi connectivity index (χ1) is 9.08. The molecule has 0 unspecified atom stereocenters. The van der Waals surface area contributed by atoms with Crippen molar-refractivity contribution in [1.82, 2.24) is 4.90 Å². The van der Waals surface area contributed by atoms with Crippen molar-refractivity contribution in [2.45, 2.75) is 25.3 Å². The highest BCUT2D eigenvalue weighted by Gasteiger charge is 2.26. The maximum absolute atomic E-state index is 5.82. The summed E-state index contributed by atoms with van der Waals surface area (Å²) in [5, 5.41) is 0. The van der Waals surface area contributed by atoms with Crippen LogP contribution in [0.1, 0.15) is 18.4 Å². The van der Waals surface area contributed by atoms with E-state index in [0.29, 0.717) is 6.04 Å². The number of nitrogens with two attached hydrogens (primary N) is 1. The molecule has 1 aliphatic rings. The van der Waals surface area contributed by atoms with Gasteiger partial charge in [-0.25, -0.2) is 0 Å². The molecule has 0 amide bonds. The summed E-state index contributed by atoms with van der Waals surface area (Å²) in [5.41, 5.74) is 7.16. The predicted octanol–water partition coefficient (Wildman–Crippen LogP) is 2.67. The Balaban J connectivity index is 1.76. The van der Waals surface area contributed by atoms with Crippen LogP contribution in [0.25, 0.3) is 0 Å². The average molecular weight is 327 g/mol. The SMILES string of the molecule is COc1ccc(CCN(C)CC2CC(N)C2)cc1Br. The van der Waals surface area contributed by atoms with E-state index in [4.69, 9.17) is 10.5 Å². The lowest BCUT2D eigenvalue weighted by Crippen LogP contribution is -2.42. The van der Waals surface area contributed by atoms with Crippen molar-refractivity contribution in [3.8, 4) is 5.75 Å². The molecule has 1 aliphatic carbocycles. The van der Waals surface area contributed by atoms with Gasteiger partial charge in [0.2, 0.25) is 0 Å². The number of nitrogens with zero attached hydrogens (tertiary/aromatic N) is 1. The van der Waals surface area contributed by atoms with E-state index in [1.165, 1.54) is 24.9 Å². The zero-order chi connectivity index (χ0) is 13.8. The average Bonchev–Trinajstić information content (AvgIpc) is 2.35. The smallest absolute Gasteiger partial charge is 0.133 e. The molecule has 0 bridgehead atoms. The van der Waals surface area contributed by atoms with Crippen LogP contribution in [0.4, 0.5) is 0 Å². The molecule has 1 aromatic rings. The Morgan fingerprint density at radius 3 is 2.74 bits per heavy atom. The molecule has 0 spiro atoms. The lowest BCUT2D eigenvalue weighted by atomic mass is 9.80. The molecule has 0 aromatic heterocycles. The normalized spacial score (nSPS) is 22.4. The molecule has 0 radical (unpaired) electrons. The zero-order valence-electron chi connectivity index (χ0n) is 11.7. The predicted molar refractivity (Wildman–Crippen MR) is 82.6 cm³/mol. The lowest BCUT2D eigenvalue weighted by molar-refractivity contribution is 0.183. The fourth-order valence-corrected chi connectivity index (χ4v) is 3.24. The summed E-state index contributed by atoms with van der Waals surface area (Å²) in [6, 6.07) is 6.75. The van der Waals surface area contributed by atoms with Gasteiger partial charge in [-0.05, 0) is 65.9 Å². The van der Waals surface area contributed by atoms with Crippen LogP contribution in [0, 0.1) is 5.92 Å². The van der Waals surface area contributed by atoms with Gasteiger partial charge in [0.1, 0.15) is 5.75 Å². The fourth-order valence-electron chi connectivity index (χ4n) is 2.65. The number of likely N-dealkylation sites (N-methyl/N-ethyl adjacent to an activating group) is 1. The number of ether oxygens (including phenoxy) is 1. The Morgan fingerprint density at radius 2 is 2.16 bits per heavy atom. The van der Waals surface area contributed by atoms with E-state index in [1.54, 1.807) is 7.11 Å². The molecular formula is C15H23BrN2O. The van der Waals surface area contributed by atoms with Gasteiger partial charge >= 0.3 is 0 Å². The summed E-state index contributed by atoms with van der Waals surface area (Å²) >= 11 is 3.53. The summed E-state index contributed by atoms with van der Waals surface area (Å²) in [6.07, 6.45) is 3.45. The first kappa shape index (κ1) is 14.8. The third-order valence-electron chi connectivity index (χ3n) is 3.84. The van der Waals surface area contributed by atoms with Gasteiger partial charge in [0, 0.05) is 19.1 Å². The van der Waals surface area contributed by atoms with Crippen LogP contribution in [0.2, 0.25) is 0 Å². The summed E-state index contributed by atoms with van der Waals surface area (Å²) in [7, 11) is 3.89. The van der Waals surface area contributed by atoms with E-state index >= 15 is 0 Å². The maximum Gasteiger partial charge on any atom is 0.133 e. The van der Waals surface area contributed by atoms with Gasteiger partial charge in [-0.3, -0.25) is 0 Å². The summed E-state index contributed by atoms with van der Waals surface area (Å²) in [4.78, 5) is 2.41. The first-order valence-electron chi connectivity index (χ1n) is 6.85. The van der Waals surface area contributed by atoms with E-state index in [1.807, 2.05) is 6.07 Å². The molecule has 19 heavy (non-hydrogen) atoms. The molecule has 4 heteroatoms. The van der Waals surface area contributed by atoms with Crippen molar-refractivity contribution in [3.05, 3.63) is 28.2 Å². The highest BCUT2D eigenvalue weighted by Crippen LogP contribution is 2.27. The van der Waals surface area contributed by atoms with E-state index in [2.05, 4.69) is 40.0 Å². The molecule has 2 rings (SSSR count). The Hall–Kier alpha value is -0.580. The third-order valence-corrected chi connectivity index (χ3v) is 4.46. The molecule has 1 fully saturated rings. The topological polar surface area (TPSA) is 38.5 Å². The van der Waals surface area contributed by atoms with E-state index in [0.717, 1.165) is 29.1 Å². The summed E-state index contributed by atoms with van der Waals surface area (Å²) in [6.45, 7) is 2.26. The third kappa shape index (κ3) is 4.20. The van der Waals surface area contributed by atoms with Crippen LogP contribution in [0.5, 0.6) is 5.75 Å². The van der Waals surface area contributed by atoms with Crippen LogP contribution in [-0.2, 0) is 6.42 Å². The number of hydrogen-bond acceptors (Lipinski definition) is 3. The van der Waals surface area contributed by atoms with Crippen molar-refractivity contribution in [2.24, 2.45) is 11.7 Å². The first-order valence-corrected chi connectivity index (χ1v) is 7.64. The highest BCUT2D eigenvalue weighted by atomic mass is 79.9. The maximum atomic E-state index is 5.82. The van der Waals surface area contributed by atoms with Gasteiger partial charge in [0.05, 0.1) is 11.6 Å². The molecule has 1 aromatic carbocycles. The molecule has 0 saturated heterocycles. The van der Waals surface area contributed by atoms with Crippen molar-refractivity contribution in [2.75, 3.05) is 27.2 Å². The van der Waals surface area contributed by atoms with Gasteiger partial charge in [-0.1, -0.05) is 6.07 Å². The number of hydrogen-bond donors (Lipinski definition) is 1. The van der Waals surface area contributed by atoms with E-state index < -0.39 is 0 Å². The zero-order valence-corrected chi connectivity index (χ0v) is 13.3. The van der Waals surface area contributed by atoms with Crippen molar-refractivity contribution in [3.63, 3.8) is 0 Å². The van der Waals surface area contributed by atoms with E-state index in [-0.39, 0.29) is 0 Å². The minimum absolute atomic E-state index is 0.455. The Bertz CT molecular complexity index is 419. The van der Waals surface area contributed by atoms with Crippen LogP contribution in [-0.4, -0.2) is 38.2 Å². The standard InChI is InChI=1S/C15H23BrN2O/c1-18(10-12-7-13(17)8-12)6-5-11-3-4-15(19-2)14(16)9-11/h3-4,9,12-13H,5-8,10,17H2,1-2H3. The van der Waals surface area contributed by atoms with Crippen LogP contribution < -0.4 is 10.5 Å². The number of methoxy groups -OCH3 is 1. The summed E-state index contributed by atoms with van der Waals surface area (Å²) < 4.78 is 6.27. The number of halogens is 1. The molecule has 1 saturated carbocycles. The van der Waals surface area contributed by atoms with Crippen LogP contribution >= 0.6 is 15.9 Å². The van der Waals surface area contributed by atoms with Crippen LogP contribution in [0.15, 0.2) is 22.7 Å². The Morgan fingerprint density at radius 1 is 1.42 bits per heavy atom. The Labute approximate surface area is 124 Å². The van der Waals surface area contributed by atoms with E-state index in [9.17, 15) is 0 Å². The molecule has 0 heterocycles. The van der Waals surface area contributed by atoms with Gasteiger partial charge in [0.25, 0.3) is 0 Å².